The van der Waals surface area contributed by atoms with Crippen molar-refractivity contribution in [2.45, 2.75) is 115 Å². The van der Waals surface area contributed by atoms with Crippen LogP contribution in [0.3, 0.4) is 0 Å². The summed E-state index contributed by atoms with van der Waals surface area (Å²) in [7, 11) is -5.67. The van der Waals surface area contributed by atoms with Crippen LogP contribution < -0.4 is 38.6 Å². The van der Waals surface area contributed by atoms with Gasteiger partial charge in [-0.15, -0.1) is 22.6 Å². The molecule has 4 aliphatic rings. The highest BCUT2D eigenvalue weighted by Gasteiger charge is 2.41. The molecule has 448 valence electrons. The smallest absolute Gasteiger partial charge is 0.268 e. The number of ether oxygens (including phenoxy) is 4. The van der Waals surface area contributed by atoms with Crippen LogP contribution in [0.25, 0.3) is 11.6 Å². The Morgan fingerprint density at radius 1 is 0.646 bits per heavy atom. The minimum absolute atomic E-state index is 0. The number of aromatic nitrogens is 6. The molecule has 2 amide bonds. The molecular weight excluding hydrogens is 1170 g/mol. The second kappa shape index (κ2) is 26.9. The van der Waals surface area contributed by atoms with E-state index in [0.29, 0.717) is 60.4 Å². The predicted octanol–water partition coefficient (Wildman–Crippen LogP) is 9.47. The third-order valence-corrected chi connectivity index (χ3v) is 17.4. The van der Waals surface area contributed by atoms with Gasteiger partial charge in [-0.2, -0.15) is 27.0 Å². The van der Waals surface area contributed by atoms with E-state index in [0.717, 1.165) is 38.0 Å². The number of rotatable bonds is 17. The Labute approximate surface area is 506 Å². The molecule has 6 heterocycles. The number of benzene rings is 2. The first-order valence-corrected chi connectivity index (χ1v) is 29.5. The molecule has 82 heavy (non-hydrogen) atoms. The van der Waals surface area contributed by atoms with Crippen molar-refractivity contribution in [2.75, 3.05) is 45.4 Å². The highest BCUT2D eigenvalue weighted by atomic mass is 35.5. The lowest BCUT2D eigenvalue weighted by Crippen LogP contribution is -2.41. The number of nitrogens with zero attached hydrogens (tertiary/aromatic N) is 7. The largest absolute Gasteiger partial charge is 0.495 e. The Bertz CT molecular complexity index is 3430. The molecule has 2 saturated carbocycles. The van der Waals surface area contributed by atoms with Gasteiger partial charge in [-0.05, 0) is 133 Å². The number of carbonyl (C=O) groups is 2. The minimum Gasteiger partial charge on any atom is -0.495 e. The first-order chi connectivity index (χ1) is 37.2. The molecule has 0 spiro atoms. The van der Waals surface area contributed by atoms with Crippen molar-refractivity contribution >= 4 is 88.7 Å². The molecule has 2 aliphatic carbocycles. The van der Waals surface area contributed by atoms with E-state index in [-0.39, 0.29) is 93.3 Å². The van der Waals surface area contributed by atoms with Gasteiger partial charge in [-0.25, -0.2) is 45.6 Å². The molecule has 2 atom stereocenters. The van der Waals surface area contributed by atoms with Gasteiger partial charge in [0.25, 0.3) is 31.9 Å². The topological polar surface area (TPSA) is 240 Å². The van der Waals surface area contributed by atoms with E-state index in [1.165, 1.54) is 74.3 Å². The second-order valence-corrected chi connectivity index (χ2v) is 26.6. The van der Waals surface area contributed by atoms with Gasteiger partial charge in [0.2, 0.25) is 11.8 Å². The van der Waals surface area contributed by atoms with Gasteiger partial charge in [-0.3, -0.25) is 9.59 Å². The molecule has 3 N–H and O–H groups in total. The Morgan fingerprint density at radius 3 is 1.49 bits per heavy atom. The number of hydrogen-bond acceptors (Lipinski definition) is 16. The van der Waals surface area contributed by atoms with E-state index in [1.54, 1.807) is 59.5 Å². The fraction of sp³-hybridized carbons (Fsp3) is 0.464. The summed E-state index contributed by atoms with van der Waals surface area (Å²) in [5.41, 5.74) is 0.638. The van der Waals surface area contributed by atoms with Crippen LogP contribution in [0.4, 0.5) is 5.82 Å². The van der Waals surface area contributed by atoms with Crippen LogP contribution in [0.2, 0.25) is 5.15 Å². The molecule has 0 bridgehead atoms. The summed E-state index contributed by atoms with van der Waals surface area (Å²) in [5, 5.41) is 12.1. The molecule has 20 nitrogen and oxygen atoms in total. The lowest BCUT2D eigenvalue weighted by Gasteiger charge is -2.34. The highest BCUT2D eigenvalue weighted by molar-refractivity contribution is 7.90. The molecule has 2 saturated heterocycles. The van der Waals surface area contributed by atoms with E-state index in [4.69, 9.17) is 35.5 Å². The summed E-state index contributed by atoms with van der Waals surface area (Å²) in [5.74, 6) is 2.04. The number of methoxy groups -OCH3 is 2. The van der Waals surface area contributed by atoms with Crippen LogP contribution in [0.15, 0.2) is 107 Å². The minimum atomic E-state index is -4.21. The van der Waals surface area contributed by atoms with Gasteiger partial charge in [0.15, 0.2) is 11.6 Å². The Kier molecular flexibility index (Phi) is 22.0. The lowest BCUT2D eigenvalue weighted by atomic mass is 9.97. The fourth-order valence-corrected chi connectivity index (χ4v) is 12.0. The Hall–Kier alpha value is -5.76. The number of anilines is 1. The standard InChI is InChI=1S/C28H35N5O5S.C21H21ClN4O5S.C7H15N.ClH.2H2S/c1-19-16-27(2,3)32(17-19)25-20(26(34)31-39(35,36)22-9-7-6-8-21(22)37-5)10-11-23(29-25)33-15-12-24(30-33)38-18-28(4)13-14-28;1-21(10-11-21)13-31-18-9-12-26(24-18)17-8-7-14(19(22)23-17)20(27)25-32(28,29)16-6-4-3-5-15(16)30-2;1-6-4-7(2,3)8-5-6;;;/h6-12,15,19H,13-14,16-18H2,1-5H3,(H,31,34);3-9,12H,10-11,13H2,1-2H3,(H,25,27);6,8H,4-5H2,1-3H3;1H;2*1H2/t19-;;6-;;;/m0.0.../s1. The third-order valence-electron chi connectivity index (χ3n) is 14.4. The van der Waals surface area contributed by atoms with Crippen LogP contribution in [-0.2, 0) is 20.0 Å². The quantitative estimate of drug-likeness (QED) is 0.0721. The second-order valence-electron chi connectivity index (χ2n) is 22.9. The summed E-state index contributed by atoms with van der Waals surface area (Å²) < 4.78 is 80.7. The van der Waals surface area contributed by atoms with Gasteiger partial charge in [0, 0.05) is 53.0 Å². The maximum atomic E-state index is 13.5. The molecule has 0 radical (unpaired) electrons. The SMILES string of the molecule is COc1ccccc1S(=O)(=O)NC(=O)c1ccc(-n2ccc(OCC3(C)CC3)n2)nc1Cl.COc1ccccc1S(=O)(=O)NC(=O)c1ccc(-n2ccc(OCC3(C)CC3)n2)nc1N1C[C@@H](C)CC1(C)C.C[C@@H]1CNC(C)(C)C1.Cl.S.S. The van der Waals surface area contributed by atoms with Crippen molar-refractivity contribution in [1.29, 1.82) is 0 Å². The number of para-hydroxylation sites is 2. The van der Waals surface area contributed by atoms with E-state index in [2.05, 4.69) is 85.5 Å². The van der Waals surface area contributed by atoms with Crippen molar-refractivity contribution in [1.82, 2.24) is 44.3 Å². The van der Waals surface area contributed by atoms with Crippen molar-refractivity contribution in [3.63, 3.8) is 0 Å². The molecule has 4 fully saturated rings. The van der Waals surface area contributed by atoms with Crippen LogP contribution in [0, 0.1) is 22.7 Å². The highest BCUT2D eigenvalue weighted by Crippen LogP contribution is 2.46. The Balaban J connectivity index is 0.000000259. The van der Waals surface area contributed by atoms with Crippen LogP contribution >= 0.6 is 51.0 Å². The fourth-order valence-electron chi connectivity index (χ4n) is 9.48. The summed E-state index contributed by atoms with van der Waals surface area (Å²) in [6.45, 7) is 20.6. The monoisotopic (exact) mass is 1250 g/mol. The predicted molar refractivity (Wildman–Crippen MR) is 328 cm³/mol. The summed E-state index contributed by atoms with van der Waals surface area (Å²) in [6.07, 6.45) is 10.2. The molecule has 2 aromatic carbocycles. The van der Waals surface area contributed by atoms with Crippen molar-refractivity contribution < 1.29 is 45.4 Å². The van der Waals surface area contributed by atoms with E-state index < -0.39 is 31.9 Å². The molecule has 4 aromatic heterocycles. The number of sulfonamides is 2. The van der Waals surface area contributed by atoms with E-state index in [9.17, 15) is 26.4 Å². The number of hydrogen-bond donors (Lipinski definition) is 3. The van der Waals surface area contributed by atoms with Gasteiger partial charge in [-0.1, -0.05) is 63.6 Å². The van der Waals surface area contributed by atoms with Crippen LogP contribution in [0.1, 0.15) is 115 Å². The first-order valence-electron chi connectivity index (χ1n) is 26.2. The van der Waals surface area contributed by atoms with Gasteiger partial charge < -0.3 is 29.2 Å². The zero-order chi connectivity index (χ0) is 57.1. The number of nitrogens with one attached hydrogen (secondary N) is 3. The van der Waals surface area contributed by atoms with Crippen molar-refractivity contribution in [2.24, 2.45) is 22.7 Å². The van der Waals surface area contributed by atoms with Crippen LogP contribution in [0.5, 0.6) is 23.3 Å². The molecule has 10 rings (SSSR count). The van der Waals surface area contributed by atoms with Crippen molar-refractivity contribution in [3.8, 4) is 34.9 Å². The lowest BCUT2D eigenvalue weighted by molar-refractivity contribution is 0.0972. The average molecular weight is 1250 g/mol. The molecule has 0 unspecified atom stereocenters. The molecule has 2 aliphatic heterocycles. The summed E-state index contributed by atoms with van der Waals surface area (Å²) in [6, 6.07) is 21.8. The zero-order valence-electron chi connectivity index (χ0n) is 47.8. The maximum Gasteiger partial charge on any atom is 0.268 e. The van der Waals surface area contributed by atoms with Gasteiger partial charge >= 0.3 is 0 Å². The maximum absolute atomic E-state index is 13.5. The number of halogens is 2. The normalized spacial score (nSPS) is 18.5. The number of carbonyl (C=O) groups excluding carboxylic acids is 2. The summed E-state index contributed by atoms with van der Waals surface area (Å²) in [4.78, 5) is 36.9. The first kappa shape index (κ1) is 67.0. The molecule has 6 aromatic rings. The van der Waals surface area contributed by atoms with E-state index >= 15 is 0 Å². The molecule has 26 heteroatoms. The van der Waals surface area contributed by atoms with Gasteiger partial charge in [0.05, 0.1) is 38.6 Å². The number of amides is 2. The Morgan fingerprint density at radius 2 is 1.10 bits per heavy atom. The summed E-state index contributed by atoms with van der Waals surface area (Å²) >= 11 is 6.18. The zero-order valence-corrected chi connectivity index (χ0v) is 53.0. The average Bonchev–Trinajstić information content (AvgIpc) is 3.99. The third kappa shape index (κ3) is 16.7. The van der Waals surface area contributed by atoms with Gasteiger partial charge in [0.1, 0.15) is 32.3 Å². The van der Waals surface area contributed by atoms with E-state index in [1.807, 2.05) is 4.72 Å². The van der Waals surface area contributed by atoms with Crippen molar-refractivity contribution in [3.05, 3.63) is 114 Å². The van der Waals surface area contributed by atoms with Crippen LogP contribution in [-0.4, -0.2) is 110 Å². The number of pyridine rings is 2. The molecular formula is C56H76Cl2N10O10S4.